The first-order chi connectivity index (χ1) is 6.91. The number of nitrogens with zero attached hydrogens (tertiary/aromatic N) is 1. The molecule has 7 heteroatoms. The molecule has 1 aromatic rings. The first-order valence-corrected chi connectivity index (χ1v) is 4.51. The summed E-state index contributed by atoms with van der Waals surface area (Å²) in [5.41, 5.74) is -0.183. The molecule has 15 heavy (non-hydrogen) atoms. The van der Waals surface area contributed by atoms with Crippen LogP contribution in [0.3, 0.4) is 0 Å². The fourth-order valence-electron chi connectivity index (χ4n) is 1.02. The highest BCUT2D eigenvalue weighted by Gasteiger charge is 2.17. The van der Waals surface area contributed by atoms with Crippen LogP contribution < -0.4 is 0 Å². The van der Waals surface area contributed by atoms with E-state index in [0.717, 1.165) is 6.07 Å². The largest absolute Gasteiger partial charge is 0.481 e. The monoisotopic (exact) mass is 249 g/mol. The molecule has 1 rings (SSSR count). The van der Waals surface area contributed by atoms with Crippen LogP contribution in [0.1, 0.15) is 5.56 Å². The van der Waals surface area contributed by atoms with Gasteiger partial charge in [0.05, 0.1) is 11.3 Å². The lowest BCUT2D eigenvalue weighted by Gasteiger charge is -2.02. The Morgan fingerprint density at radius 1 is 1.40 bits per heavy atom. The van der Waals surface area contributed by atoms with Gasteiger partial charge in [0.25, 0.3) is 5.69 Å². The molecule has 0 saturated heterocycles. The zero-order valence-electron chi connectivity index (χ0n) is 7.24. The van der Waals surface area contributed by atoms with Crippen molar-refractivity contribution in [1.29, 1.82) is 0 Å². The number of carboxylic acid groups (broad SMARTS) is 1. The zero-order valence-corrected chi connectivity index (χ0v) is 8.75. The number of carbonyl (C=O) groups is 1. The van der Waals surface area contributed by atoms with Crippen molar-refractivity contribution in [2.24, 2.45) is 0 Å². The third-order valence-corrected chi connectivity index (χ3v) is 2.31. The number of hydrogen-bond donors (Lipinski definition) is 1. The Labute approximate surface area is 94.4 Å². The summed E-state index contributed by atoms with van der Waals surface area (Å²) in [5, 5.41) is 19.0. The highest BCUT2D eigenvalue weighted by atomic mass is 35.5. The number of aliphatic carboxylic acids is 1. The molecule has 1 aromatic carbocycles. The number of nitro benzene ring substituents is 1. The number of carboxylic acids is 1. The predicted octanol–water partition coefficient (Wildman–Crippen LogP) is 2.53. The summed E-state index contributed by atoms with van der Waals surface area (Å²) in [6.45, 7) is 0. The average Bonchev–Trinajstić information content (AvgIpc) is 2.08. The Morgan fingerprint density at radius 3 is 2.47 bits per heavy atom. The lowest BCUT2D eigenvalue weighted by Crippen LogP contribution is -2.02. The van der Waals surface area contributed by atoms with Crippen LogP contribution in [-0.4, -0.2) is 16.0 Å². The summed E-state index contributed by atoms with van der Waals surface area (Å²) < 4.78 is 0. The standard InChI is InChI=1S/C8H5Cl2NO4/c9-5-3-6(10)7(11(14)15)1-4(5)2-8(12)13/h1,3H,2H2,(H,12,13). The van der Waals surface area contributed by atoms with E-state index >= 15 is 0 Å². The van der Waals surface area contributed by atoms with Crippen molar-refractivity contribution in [2.45, 2.75) is 6.42 Å². The normalized spacial score (nSPS) is 10.0. The molecule has 0 bridgehead atoms. The maximum Gasteiger partial charge on any atom is 0.307 e. The molecule has 5 nitrogen and oxygen atoms in total. The van der Waals surface area contributed by atoms with E-state index in [1.807, 2.05) is 0 Å². The predicted molar refractivity (Wildman–Crippen MR) is 54.5 cm³/mol. The SMILES string of the molecule is O=C(O)Cc1cc([N+](=O)[O-])c(Cl)cc1Cl. The van der Waals surface area contributed by atoms with Gasteiger partial charge in [0.15, 0.2) is 0 Å². The van der Waals surface area contributed by atoms with Gasteiger partial charge in [-0.1, -0.05) is 23.2 Å². The van der Waals surface area contributed by atoms with E-state index < -0.39 is 10.9 Å². The zero-order chi connectivity index (χ0) is 11.6. The summed E-state index contributed by atoms with van der Waals surface area (Å²) in [5.74, 6) is -1.12. The summed E-state index contributed by atoms with van der Waals surface area (Å²) >= 11 is 11.2. The van der Waals surface area contributed by atoms with Crippen LogP contribution in [0.5, 0.6) is 0 Å². The van der Waals surface area contributed by atoms with Gasteiger partial charge in [0, 0.05) is 11.1 Å². The van der Waals surface area contributed by atoms with Crippen molar-refractivity contribution < 1.29 is 14.8 Å². The fraction of sp³-hybridized carbons (Fsp3) is 0.125. The molecule has 0 amide bonds. The van der Waals surface area contributed by atoms with Gasteiger partial charge in [-0.05, 0) is 11.6 Å². The first-order valence-electron chi connectivity index (χ1n) is 3.76. The molecular formula is C8H5Cl2NO4. The molecular weight excluding hydrogens is 245 g/mol. The summed E-state index contributed by atoms with van der Waals surface area (Å²) in [4.78, 5) is 20.2. The molecule has 80 valence electrons. The van der Waals surface area contributed by atoms with Crippen LogP contribution in [-0.2, 0) is 11.2 Å². The number of hydrogen-bond acceptors (Lipinski definition) is 3. The van der Waals surface area contributed by atoms with E-state index in [2.05, 4.69) is 0 Å². The van der Waals surface area contributed by atoms with Crippen molar-refractivity contribution in [2.75, 3.05) is 0 Å². The molecule has 0 heterocycles. The van der Waals surface area contributed by atoms with Crippen LogP contribution in [0.15, 0.2) is 12.1 Å². The summed E-state index contributed by atoms with van der Waals surface area (Å²) in [6, 6.07) is 2.23. The Hall–Kier alpha value is -1.33. The molecule has 1 N–H and O–H groups in total. The molecule has 0 spiro atoms. The van der Waals surface area contributed by atoms with Gasteiger partial charge in [-0.25, -0.2) is 0 Å². The van der Waals surface area contributed by atoms with Gasteiger partial charge in [0.1, 0.15) is 5.02 Å². The molecule has 0 fully saturated rings. The van der Waals surface area contributed by atoms with Gasteiger partial charge in [-0.2, -0.15) is 0 Å². The number of rotatable bonds is 3. The maximum absolute atomic E-state index is 10.5. The molecule has 0 aliphatic heterocycles. The number of nitro groups is 1. The second kappa shape index (κ2) is 4.46. The maximum atomic E-state index is 10.5. The Bertz CT molecular complexity index is 433. The van der Waals surface area contributed by atoms with Crippen molar-refractivity contribution >= 4 is 34.9 Å². The quantitative estimate of drug-likeness (QED) is 0.660. The van der Waals surface area contributed by atoms with Crippen LogP contribution in [0.2, 0.25) is 10.0 Å². The Kier molecular flexibility index (Phi) is 3.49. The van der Waals surface area contributed by atoms with Crippen LogP contribution in [0.25, 0.3) is 0 Å². The number of halogens is 2. The highest BCUT2D eigenvalue weighted by Crippen LogP contribution is 2.30. The van der Waals surface area contributed by atoms with E-state index in [1.165, 1.54) is 6.07 Å². The number of benzene rings is 1. The van der Waals surface area contributed by atoms with E-state index in [4.69, 9.17) is 28.3 Å². The molecule has 0 radical (unpaired) electrons. The second-order valence-electron chi connectivity index (χ2n) is 2.72. The molecule has 0 atom stereocenters. The minimum absolute atomic E-state index is 0.105. The van der Waals surface area contributed by atoms with Gasteiger partial charge >= 0.3 is 5.97 Å². The summed E-state index contributed by atoms with van der Waals surface area (Å²) in [6.07, 6.45) is -0.378. The van der Waals surface area contributed by atoms with Crippen molar-refractivity contribution in [3.8, 4) is 0 Å². The fourth-order valence-corrected chi connectivity index (χ4v) is 1.54. The van der Waals surface area contributed by atoms with Crippen molar-refractivity contribution in [1.82, 2.24) is 0 Å². The Morgan fingerprint density at radius 2 is 2.00 bits per heavy atom. The van der Waals surface area contributed by atoms with Gasteiger partial charge < -0.3 is 5.11 Å². The second-order valence-corrected chi connectivity index (χ2v) is 3.54. The van der Waals surface area contributed by atoms with E-state index in [1.54, 1.807) is 0 Å². The van der Waals surface area contributed by atoms with E-state index in [9.17, 15) is 14.9 Å². The van der Waals surface area contributed by atoms with Gasteiger partial charge in [0.2, 0.25) is 0 Å². The summed E-state index contributed by atoms with van der Waals surface area (Å²) in [7, 11) is 0. The highest BCUT2D eigenvalue weighted by molar-refractivity contribution is 6.36. The van der Waals surface area contributed by atoms with Gasteiger partial charge in [-0.15, -0.1) is 0 Å². The molecule has 0 aliphatic carbocycles. The van der Waals surface area contributed by atoms with Crippen molar-refractivity contribution in [3.05, 3.63) is 37.9 Å². The van der Waals surface area contributed by atoms with Crippen LogP contribution in [0.4, 0.5) is 5.69 Å². The molecule has 0 unspecified atom stereocenters. The van der Waals surface area contributed by atoms with Crippen LogP contribution >= 0.6 is 23.2 Å². The molecule has 0 saturated carbocycles. The lowest BCUT2D eigenvalue weighted by atomic mass is 10.1. The van der Waals surface area contributed by atoms with E-state index in [-0.39, 0.29) is 27.7 Å². The van der Waals surface area contributed by atoms with Gasteiger partial charge in [-0.3, -0.25) is 14.9 Å². The van der Waals surface area contributed by atoms with Crippen molar-refractivity contribution in [3.63, 3.8) is 0 Å². The Balaban J connectivity index is 3.23. The first kappa shape index (κ1) is 11.7. The molecule has 0 aliphatic rings. The third-order valence-electron chi connectivity index (χ3n) is 1.65. The topological polar surface area (TPSA) is 80.4 Å². The minimum Gasteiger partial charge on any atom is -0.481 e. The molecule has 0 aromatic heterocycles. The third kappa shape index (κ3) is 2.81. The average molecular weight is 250 g/mol. The van der Waals surface area contributed by atoms with Crippen LogP contribution in [0, 0.1) is 10.1 Å². The lowest BCUT2D eigenvalue weighted by molar-refractivity contribution is -0.384. The van der Waals surface area contributed by atoms with E-state index in [0.29, 0.717) is 0 Å². The smallest absolute Gasteiger partial charge is 0.307 e. The minimum atomic E-state index is -1.12.